The fourth-order valence-electron chi connectivity index (χ4n) is 3.83. The first-order valence-corrected chi connectivity index (χ1v) is 9.71. The van der Waals surface area contributed by atoms with Crippen LogP contribution < -0.4 is 10.6 Å². The van der Waals surface area contributed by atoms with E-state index in [1.54, 1.807) is 0 Å². The Labute approximate surface area is 150 Å². The maximum atomic E-state index is 10.3. The summed E-state index contributed by atoms with van der Waals surface area (Å²) in [6.07, 6.45) is 12.6. The molecule has 1 aromatic rings. The molecule has 0 saturated heterocycles. The molecule has 4 heteroatoms. The van der Waals surface area contributed by atoms with Crippen molar-refractivity contribution in [2.24, 2.45) is 0 Å². The van der Waals surface area contributed by atoms with E-state index in [2.05, 4.69) is 28.9 Å². The molecule has 0 spiro atoms. The topological polar surface area (TPSA) is 44.3 Å². The molecular formula is C20H29ClN2O. The lowest BCUT2D eigenvalue weighted by Crippen LogP contribution is -2.42. The Morgan fingerprint density at radius 3 is 2.83 bits per heavy atom. The van der Waals surface area contributed by atoms with Crippen molar-refractivity contribution in [3.8, 4) is 0 Å². The quantitative estimate of drug-likeness (QED) is 0.543. The number of benzene rings is 1. The minimum absolute atomic E-state index is 0.600. The molecule has 1 aliphatic heterocycles. The van der Waals surface area contributed by atoms with Crippen LogP contribution in [0.25, 0.3) is 6.08 Å². The van der Waals surface area contributed by atoms with Crippen LogP contribution in [0.3, 0.4) is 0 Å². The van der Waals surface area contributed by atoms with Gasteiger partial charge in [0.1, 0.15) is 5.72 Å². The summed E-state index contributed by atoms with van der Waals surface area (Å²) < 4.78 is 0. The zero-order valence-electron chi connectivity index (χ0n) is 14.4. The Morgan fingerprint density at radius 1 is 1.21 bits per heavy atom. The summed E-state index contributed by atoms with van der Waals surface area (Å²) in [6, 6.07) is 4.21. The van der Waals surface area contributed by atoms with Crippen LogP contribution in [0.4, 0.5) is 0 Å². The van der Waals surface area contributed by atoms with Gasteiger partial charge in [-0.2, -0.15) is 0 Å². The van der Waals surface area contributed by atoms with Gasteiger partial charge in [-0.3, -0.25) is 5.32 Å². The van der Waals surface area contributed by atoms with Crippen molar-refractivity contribution in [2.45, 2.75) is 57.1 Å². The van der Waals surface area contributed by atoms with Crippen LogP contribution in [-0.4, -0.2) is 30.5 Å². The van der Waals surface area contributed by atoms with Gasteiger partial charge in [-0.25, -0.2) is 0 Å². The molecule has 3 nitrogen and oxygen atoms in total. The number of hydrogen-bond acceptors (Lipinski definition) is 3. The molecule has 0 bridgehead atoms. The van der Waals surface area contributed by atoms with Crippen LogP contribution in [0.2, 0.25) is 5.02 Å². The number of hydrogen-bond donors (Lipinski definition) is 3. The molecule has 2 aliphatic rings. The Bertz CT molecular complexity index is 579. The number of rotatable bonds is 6. The first-order valence-electron chi connectivity index (χ1n) is 9.33. The van der Waals surface area contributed by atoms with E-state index < -0.39 is 5.72 Å². The third-order valence-corrected chi connectivity index (χ3v) is 5.57. The van der Waals surface area contributed by atoms with E-state index in [4.69, 9.17) is 11.6 Å². The number of halogens is 1. The van der Waals surface area contributed by atoms with E-state index in [1.807, 2.05) is 6.07 Å². The normalized spacial score (nSPS) is 20.2. The van der Waals surface area contributed by atoms with E-state index in [1.165, 1.54) is 16.7 Å². The highest BCUT2D eigenvalue weighted by Gasteiger charge is 2.29. The second kappa shape index (κ2) is 8.48. The van der Waals surface area contributed by atoms with Gasteiger partial charge in [-0.1, -0.05) is 29.8 Å². The highest BCUT2D eigenvalue weighted by Crippen LogP contribution is 2.28. The molecule has 1 fully saturated rings. The summed E-state index contributed by atoms with van der Waals surface area (Å²) >= 11 is 6.44. The van der Waals surface area contributed by atoms with E-state index in [9.17, 15) is 5.11 Å². The van der Waals surface area contributed by atoms with Gasteiger partial charge in [0.15, 0.2) is 0 Å². The summed E-state index contributed by atoms with van der Waals surface area (Å²) in [5.41, 5.74) is 3.42. The molecule has 1 aliphatic carbocycles. The van der Waals surface area contributed by atoms with Gasteiger partial charge < -0.3 is 10.4 Å². The first-order chi connectivity index (χ1) is 11.7. The zero-order chi connectivity index (χ0) is 16.8. The predicted octanol–water partition coefficient (Wildman–Crippen LogP) is 3.67. The highest BCUT2D eigenvalue weighted by atomic mass is 35.5. The van der Waals surface area contributed by atoms with Crippen LogP contribution in [0, 0.1) is 0 Å². The Kier molecular flexibility index (Phi) is 6.34. The maximum absolute atomic E-state index is 10.3. The lowest BCUT2D eigenvalue weighted by molar-refractivity contribution is 0.0125. The average Bonchev–Trinajstić information content (AvgIpc) is 2.86. The summed E-state index contributed by atoms with van der Waals surface area (Å²) in [4.78, 5) is 0. The van der Waals surface area contributed by atoms with Gasteiger partial charge in [0.2, 0.25) is 0 Å². The minimum atomic E-state index is -0.600. The van der Waals surface area contributed by atoms with Crippen LogP contribution >= 0.6 is 11.6 Å². The Morgan fingerprint density at radius 2 is 2.00 bits per heavy atom. The van der Waals surface area contributed by atoms with Crippen molar-refractivity contribution in [1.82, 2.24) is 10.6 Å². The predicted molar refractivity (Wildman–Crippen MR) is 101 cm³/mol. The van der Waals surface area contributed by atoms with Gasteiger partial charge in [0, 0.05) is 5.02 Å². The van der Waals surface area contributed by atoms with Gasteiger partial charge in [-0.15, -0.1) is 0 Å². The Balaban J connectivity index is 1.53. The van der Waals surface area contributed by atoms with Crippen molar-refractivity contribution >= 4 is 17.7 Å². The average molecular weight is 349 g/mol. The van der Waals surface area contributed by atoms with Crippen LogP contribution in [0.1, 0.15) is 55.2 Å². The van der Waals surface area contributed by atoms with Crippen molar-refractivity contribution in [2.75, 3.05) is 19.6 Å². The fourth-order valence-corrected chi connectivity index (χ4v) is 4.07. The van der Waals surface area contributed by atoms with E-state index in [0.717, 1.165) is 76.0 Å². The largest absolute Gasteiger partial charge is 0.376 e. The number of fused-ring (bicyclic) bond motifs is 1. The molecule has 0 aromatic heterocycles. The number of nitrogens with one attached hydrogen (secondary N) is 2. The molecule has 0 atom stereocenters. The third-order valence-electron chi connectivity index (χ3n) is 5.24. The minimum Gasteiger partial charge on any atom is -0.376 e. The van der Waals surface area contributed by atoms with Crippen molar-refractivity contribution < 1.29 is 5.11 Å². The lowest BCUT2D eigenvalue weighted by atomic mass is 9.96. The molecule has 1 aromatic carbocycles. The SMILES string of the molecule is OC1(NCCCC=Cc2c(Cl)ccc3c2CCNCC3)CCCC1. The maximum Gasteiger partial charge on any atom is 0.116 e. The van der Waals surface area contributed by atoms with Crippen molar-refractivity contribution in [3.05, 3.63) is 39.9 Å². The molecule has 0 unspecified atom stereocenters. The van der Waals surface area contributed by atoms with E-state index >= 15 is 0 Å². The molecule has 1 saturated carbocycles. The lowest BCUT2D eigenvalue weighted by Gasteiger charge is -2.23. The van der Waals surface area contributed by atoms with E-state index in [-0.39, 0.29) is 0 Å². The number of aliphatic hydroxyl groups is 1. The summed E-state index contributed by atoms with van der Waals surface area (Å²) in [5, 5.41) is 17.9. The van der Waals surface area contributed by atoms with Gasteiger partial charge in [0.25, 0.3) is 0 Å². The van der Waals surface area contributed by atoms with Crippen molar-refractivity contribution in [3.63, 3.8) is 0 Å². The second-order valence-electron chi connectivity index (χ2n) is 7.06. The summed E-state index contributed by atoms with van der Waals surface area (Å²) in [7, 11) is 0. The van der Waals surface area contributed by atoms with Gasteiger partial charge in [-0.05, 0) is 93.8 Å². The molecule has 0 amide bonds. The van der Waals surface area contributed by atoms with Gasteiger partial charge in [0.05, 0.1) is 0 Å². The molecule has 0 radical (unpaired) electrons. The monoisotopic (exact) mass is 348 g/mol. The molecule has 3 rings (SSSR count). The van der Waals surface area contributed by atoms with Crippen LogP contribution in [-0.2, 0) is 12.8 Å². The zero-order valence-corrected chi connectivity index (χ0v) is 15.2. The first kappa shape index (κ1) is 17.9. The fraction of sp³-hybridized carbons (Fsp3) is 0.600. The molecule has 24 heavy (non-hydrogen) atoms. The highest BCUT2D eigenvalue weighted by molar-refractivity contribution is 6.32. The number of unbranched alkanes of at least 4 members (excludes halogenated alkanes) is 1. The second-order valence-corrected chi connectivity index (χ2v) is 7.47. The van der Waals surface area contributed by atoms with Crippen molar-refractivity contribution in [1.29, 1.82) is 0 Å². The standard InChI is InChI=1S/C20H29ClN2O/c21-19-8-7-16-9-14-22-15-10-17(16)18(19)6-2-1-5-13-23-20(24)11-3-4-12-20/h2,6-8,22-24H,1,3-5,9-15H2. The summed E-state index contributed by atoms with van der Waals surface area (Å²) in [5.74, 6) is 0. The molecule has 1 heterocycles. The van der Waals surface area contributed by atoms with Gasteiger partial charge >= 0.3 is 0 Å². The summed E-state index contributed by atoms with van der Waals surface area (Å²) in [6.45, 7) is 2.94. The molecule has 132 valence electrons. The molecule has 3 N–H and O–H groups in total. The Hall–Kier alpha value is -0.870. The number of allylic oxidation sites excluding steroid dienone is 1. The van der Waals surface area contributed by atoms with Crippen LogP contribution in [0.5, 0.6) is 0 Å². The molecular weight excluding hydrogens is 320 g/mol. The smallest absolute Gasteiger partial charge is 0.116 e. The van der Waals surface area contributed by atoms with Crippen LogP contribution in [0.15, 0.2) is 18.2 Å². The van der Waals surface area contributed by atoms with E-state index in [0.29, 0.717) is 0 Å². The third kappa shape index (κ3) is 4.60.